The summed E-state index contributed by atoms with van der Waals surface area (Å²) in [5.74, 6) is 1.31. The number of esters is 2. The molecule has 4 saturated carbocycles. The summed E-state index contributed by atoms with van der Waals surface area (Å²) in [5.41, 5.74) is -0.848. The van der Waals surface area contributed by atoms with Crippen molar-refractivity contribution in [3.8, 4) is 0 Å². The Kier molecular flexibility index (Phi) is 5.08. The first kappa shape index (κ1) is 21.1. The third kappa shape index (κ3) is 3.32. The van der Waals surface area contributed by atoms with Gasteiger partial charge in [0, 0.05) is 19.3 Å². The Balaban J connectivity index is 1.61. The van der Waals surface area contributed by atoms with Crippen molar-refractivity contribution in [2.45, 2.75) is 104 Å². The van der Waals surface area contributed by atoms with E-state index in [2.05, 4.69) is 13.8 Å². The molecule has 9 unspecified atom stereocenters. The Morgan fingerprint density at radius 2 is 1.59 bits per heavy atom. The van der Waals surface area contributed by atoms with Crippen molar-refractivity contribution in [3.05, 3.63) is 0 Å². The summed E-state index contributed by atoms with van der Waals surface area (Å²) in [4.78, 5) is 23.1. The highest BCUT2D eigenvalue weighted by molar-refractivity contribution is 5.66. The zero-order valence-corrected chi connectivity index (χ0v) is 18.7. The largest absolute Gasteiger partial charge is 0.463 e. The lowest BCUT2D eigenvalue weighted by atomic mass is 9.41. The predicted octanol–water partition coefficient (Wildman–Crippen LogP) is 4.25. The Bertz CT molecular complexity index is 687. The van der Waals surface area contributed by atoms with Gasteiger partial charge in [0.2, 0.25) is 0 Å². The van der Waals surface area contributed by atoms with E-state index in [0.29, 0.717) is 24.2 Å². The molecule has 0 saturated heterocycles. The van der Waals surface area contributed by atoms with Crippen molar-refractivity contribution in [1.29, 1.82) is 0 Å². The molecule has 5 nitrogen and oxygen atoms in total. The van der Waals surface area contributed by atoms with E-state index in [-0.39, 0.29) is 40.9 Å². The number of hydrogen-bond acceptors (Lipinski definition) is 5. The molecule has 0 aromatic rings. The highest BCUT2D eigenvalue weighted by Crippen LogP contribution is 2.69. The third-order valence-corrected chi connectivity index (χ3v) is 9.36. The molecule has 0 radical (unpaired) electrons. The van der Waals surface area contributed by atoms with Gasteiger partial charge in [0.15, 0.2) is 0 Å². The zero-order valence-electron chi connectivity index (χ0n) is 18.7. The van der Waals surface area contributed by atoms with E-state index in [4.69, 9.17) is 9.47 Å². The van der Waals surface area contributed by atoms with Crippen LogP contribution in [0, 0.1) is 34.5 Å². The molecular formula is C24H38O5. The minimum absolute atomic E-state index is 0.0285. The van der Waals surface area contributed by atoms with E-state index in [9.17, 15) is 14.7 Å². The van der Waals surface area contributed by atoms with Crippen LogP contribution in [0.4, 0.5) is 0 Å². The quantitative estimate of drug-likeness (QED) is 0.694. The molecule has 9 atom stereocenters. The number of aliphatic hydroxyl groups is 1. The monoisotopic (exact) mass is 406 g/mol. The molecule has 29 heavy (non-hydrogen) atoms. The maximum Gasteiger partial charge on any atom is 0.302 e. The topological polar surface area (TPSA) is 72.8 Å². The molecule has 4 fully saturated rings. The molecule has 4 rings (SSSR count). The van der Waals surface area contributed by atoms with Gasteiger partial charge in [0.05, 0.1) is 5.60 Å². The van der Waals surface area contributed by atoms with E-state index in [1.54, 1.807) is 0 Å². The first-order valence-electron chi connectivity index (χ1n) is 11.5. The van der Waals surface area contributed by atoms with Crippen LogP contribution in [0.25, 0.3) is 0 Å². The van der Waals surface area contributed by atoms with E-state index in [0.717, 1.165) is 44.9 Å². The maximum absolute atomic E-state index is 11.8. The van der Waals surface area contributed by atoms with Gasteiger partial charge in [0.25, 0.3) is 0 Å². The molecule has 164 valence electrons. The second kappa shape index (κ2) is 6.96. The number of ether oxygens (including phenoxy) is 2. The summed E-state index contributed by atoms with van der Waals surface area (Å²) in [5, 5.41) is 11.8. The van der Waals surface area contributed by atoms with Crippen molar-refractivity contribution in [2.75, 3.05) is 0 Å². The summed E-state index contributed by atoms with van der Waals surface area (Å²) in [6.07, 6.45) is 7.71. The van der Waals surface area contributed by atoms with E-state index in [1.807, 2.05) is 6.92 Å². The highest BCUT2D eigenvalue weighted by Gasteiger charge is 2.67. The normalized spacial score (nSPS) is 51.4. The number of fused-ring (bicyclic) bond motifs is 5. The van der Waals surface area contributed by atoms with Crippen molar-refractivity contribution >= 4 is 11.9 Å². The Hall–Kier alpha value is -1.10. The summed E-state index contributed by atoms with van der Waals surface area (Å²) < 4.78 is 11.3. The summed E-state index contributed by atoms with van der Waals surface area (Å²) >= 11 is 0. The lowest BCUT2D eigenvalue weighted by molar-refractivity contribution is -0.228. The minimum Gasteiger partial charge on any atom is -0.463 e. The molecule has 0 spiro atoms. The highest BCUT2D eigenvalue weighted by atomic mass is 16.5. The molecule has 4 aliphatic rings. The Labute approximate surface area is 174 Å². The van der Waals surface area contributed by atoms with Gasteiger partial charge in [-0.1, -0.05) is 13.8 Å². The number of carbonyl (C=O) groups excluding carboxylic acids is 2. The van der Waals surface area contributed by atoms with Gasteiger partial charge in [-0.3, -0.25) is 9.59 Å². The average Bonchev–Trinajstić information content (AvgIpc) is 2.88. The van der Waals surface area contributed by atoms with Crippen molar-refractivity contribution in [3.63, 3.8) is 0 Å². The lowest BCUT2D eigenvalue weighted by Crippen LogP contribution is -2.64. The van der Waals surface area contributed by atoms with E-state index >= 15 is 0 Å². The summed E-state index contributed by atoms with van der Waals surface area (Å²) in [7, 11) is 0. The van der Waals surface area contributed by atoms with Crippen LogP contribution in [-0.4, -0.2) is 34.9 Å². The first-order valence-corrected chi connectivity index (χ1v) is 11.5. The molecule has 5 heteroatoms. The van der Waals surface area contributed by atoms with Crippen molar-refractivity contribution < 1.29 is 24.2 Å². The van der Waals surface area contributed by atoms with Crippen molar-refractivity contribution in [1.82, 2.24) is 0 Å². The lowest BCUT2D eigenvalue weighted by Gasteiger charge is -2.65. The Morgan fingerprint density at radius 1 is 0.897 bits per heavy atom. The van der Waals surface area contributed by atoms with Crippen LogP contribution in [0.15, 0.2) is 0 Å². The molecule has 0 aliphatic heterocycles. The fourth-order valence-corrected chi connectivity index (χ4v) is 8.69. The second-order valence-corrected chi connectivity index (χ2v) is 11.2. The van der Waals surface area contributed by atoms with Gasteiger partial charge in [-0.2, -0.15) is 0 Å². The van der Waals surface area contributed by atoms with Crippen LogP contribution >= 0.6 is 0 Å². The van der Waals surface area contributed by atoms with E-state index in [1.165, 1.54) is 13.8 Å². The fraction of sp³-hybridized carbons (Fsp3) is 0.917. The standard InChI is InChI=1S/C24H38O5/c1-14(25)28-17-10-11-22(3)16(12-17)6-7-18-19-8-9-20(29-15(2)26)23(19,4)13-24(5,27)21(18)22/h16-21,27H,6-13H2,1-5H3. The zero-order chi connectivity index (χ0) is 21.2. The van der Waals surface area contributed by atoms with Gasteiger partial charge in [0.1, 0.15) is 12.2 Å². The van der Waals surface area contributed by atoms with Gasteiger partial charge >= 0.3 is 11.9 Å². The number of carbonyl (C=O) groups is 2. The average molecular weight is 407 g/mol. The molecule has 1 N–H and O–H groups in total. The first-order chi connectivity index (χ1) is 13.5. The molecule has 4 aliphatic carbocycles. The van der Waals surface area contributed by atoms with Gasteiger partial charge in [-0.15, -0.1) is 0 Å². The van der Waals surface area contributed by atoms with Crippen LogP contribution in [0.1, 0.15) is 86.0 Å². The van der Waals surface area contributed by atoms with Crippen LogP contribution in [0.3, 0.4) is 0 Å². The smallest absolute Gasteiger partial charge is 0.302 e. The number of hydrogen-bond donors (Lipinski definition) is 1. The van der Waals surface area contributed by atoms with Gasteiger partial charge in [-0.05, 0) is 87.4 Å². The van der Waals surface area contributed by atoms with Crippen LogP contribution in [0.5, 0.6) is 0 Å². The van der Waals surface area contributed by atoms with Crippen molar-refractivity contribution in [2.24, 2.45) is 34.5 Å². The summed E-state index contributed by atoms with van der Waals surface area (Å²) in [6.45, 7) is 9.65. The minimum atomic E-state index is -0.777. The molecule has 0 aromatic heterocycles. The maximum atomic E-state index is 11.8. The molecule has 0 amide bonds. The molecule has 0 aromatic carbocycles. The number of rotatable bonds is 2. The third-order valence-electron chi connectivity index (χ3n) is 9.36. The Morgan fingerprint density at radius 3 is 2.24 bits per heavy atom. The van der Waals surface area contributed by atoms with Crippen LogP contribution < -0.4 is 0 Å². The predicted molar refractivity (Wildman–Crippen MR) is 109 cm³/mol. The van der Waals surface area contributed by atoms with Gasteiger partial charge < -0.3 is 14.6 Å². The van der Waals surface area contributed by atoms with Gasteiger partial charge in [-0.25, -0.2) is 0 Å². The van der Waals surface area contributed by atoms with Crippen LogP contribution in [-0.2, 0) is 19.1 Å². The summed E-state index contributed by atoms with van der Waals surface area (Å²) in [6, 6.07) is 0. The second-order valence-electron chi connectivity index (χ2n) is 11.2. The fourth-order valence-electron chi connectivity index (χ4n) is 8.69. The van der Waals surface area contributed by atoms with Crippen LogP contribution in [0.2, 0.25) is 0 Å². The SMILES string of the molecule is CC(=O)OC1CCC2(C)C(CCC3C4CCC(OC(C)=O)C4(C)CC(C)(O)C32)C1. The van der Waals surface area contributed by atoms with E-state index < -0.39 is 5.60 Å². The molecule has 0 heterocycles. The molecular weight excluding hydrogens is 368 g/mol. The molecule has 0 bridgehead atoms.